The fourth-order valence-electron chi connectivity index (χ4n) is 1.86. The van der Waals surface area contributed by atoms with Crippen LogP contribution in [-0.2, 0) is 6.54 Å². The maximum Gasteiger partial charge on any atom is 0.387 e. The zero-order chi connectivity index (χ0) is 16.1. The Morgan fingerprint density at radius 1 is 1.23 bits per heavy atom. The summed E-state index contributed by atoms with van der Waals surface area (Å²) in [5, 5.41) is 3.07. The molecule has 118 valence electrons. The first-order valence-corrected chi connectivity index (χ1v) is 6.68. The van der Waals surface area contributed by atoms with Crippen molar-refractivity contribution in [3.8, 4) is 11.5 Å². The van der Waals surface area contributed by atoms with Gasteiger partial charge in [0.1, 0.15) is 17.3 Å². The Morgan fingerprint density at radius 2 is 2.00 bits per heavy atom. The van der Waals surface area contributed by atoms with Crippen LogP contribution in [0.5, 0.6) is 11.5 Å². The van der Waals surface area contributed by atoms with Crippen molar-refractivity contribution >= 4 is 17.3 Å². The molecule has 0 saturated heterocycles. The lowest BCUT2D eigenvalue weighted by Gasteiger charge is -2.15. The highest BCUT2D eigenvalue weighted by atomic mass is 35.5. The van der Waals surface area contributed by atoms with Crippen molar-refractivity contribution < 1.29 is 22.6 Å². The van der Waals surface area contributed by atoms with Crippen LogP contribution >= 0.6 is 11.6 Å². The molecule has 0 amide bonds. The van der Waals surface area contributed by atoms with Gasteiger partial charge in [0, 0.05) is 23.2 Å². The normalized spacial score (nSPS) is 10.6. The van der Waals surface area contributed by atoms with Gasteiger partial charge in [0.2, 0.25) is 0 Å². The molecule has 2 rings (SSSR count). The van der Waals surface area contributed by atoms with Crippen LogP contribution in [-0.4, -0.2) is 13.7 Å². The predicted molar refractivity (Wildman–Crippen MR) is 78.4 cm³/mol. The van der Waals surface area contributed by atoms with Crippen LogP contribution in [0.25, 0.3) is 0 Å². The van der Waals surface area contributed by atoms with E-state index in [1.54, 1.807) is 6.07 Å². The molecule has 0 aliphatic carbocycles. The number of hydrogen-bond acceptors (Lipinski definition) is 3. The Morgan fingerprint density at radius 3 is 2.64 bits per heavy atom. The molecule has 22 heavy (non-hydrogen) atoms. The minimum Gasteiger partial charge on any atom is -0.497 e. The smallest absolute Gasteiger partial charge is 0.387 e. The SMILES string of the molecule is COc1ccc(OC(F)F)c(NCc2c(F)cccc2Cl)c1. The Kier molecular flexibility index (Phi) is 5.38. The van der Waals surface area contributed by atoms with E-state index in [0.29, 0.717) is 5.75 Å². The predicted octanol–water partition coefficient (Wildman–Crippen LogP) is 4.70. The summed E-state index contributed by atoms with van der Waals surface area (Å²) < 4.78 is 48.0. The minimum absolute atomic E-state index is 0.0122. The molecule has 0 unspecified atom stereocenters. The fraction of sp³-hybridized carbons (Fsp3) is 0.200. The second-order valence-electron chi connectivity index (χ2n) is 4.29. The van der Waals surface area contributed by atoms with Crippen molar-refractivity contribution in [2.45, 2.75) is 13.2 Å². The van der Waals surface area contributed by atoms with Gasteiger partial charge >= 0.3 is 6.61 Å². The van der Waals surface area contributed by atoms with Crippen molar-refractivity contribution in [2.24, 2.45) is 0 Å². The van der Waals surface area contributed by atoms with Gasteiger partial charge in [-0.1, -0.05) is 17.7 Å². The molecule has 1 N–H and O–H groups in total. The van der Waals surface area contributed by atoms with Crippen LogP contribution in [0, 0.1) is 5.82 Å². The number of benzene rings is 2. The first-order valence-electron chi connectivity index (χ1n) is 6.31. The van der Waals surface area contributed by atoms with Gasteiger partial charge in [-0.25, -0.2) is 4.39 Å². The lowest BCUT2D eigenvalue weighted by Crippen LogP contribution is -2.08. The molecule has 0 aromatic heterocycles. The summed E-state index contributed by atoms with van der Waals surface area (Å²) in [6.45, 7) is -2.95. The number of rotatable bonds is 6. The summed E-state index contributed by atoms with van der Waals surface area (Å²) in [6.07, 6.45) is 0. The summed E-state index contributed by atoms with van der Waals surface area (Å²) in [4.78, 5) is 0. The third-order valence-corrected chi connectivity index (χ3v) is 3.27. The van der Waals surface area contributed by atoms with Crippen LogP contribution < -0.4 is 14.8 Å². The van der Waals surface area contributed by atoms with E-state index in [2.05, 4.69) is 10.1 Å². The quantitative estimate of drug-likeness (QED) is 0.832. The summed E-state index contributed by atoms with van der Waals surface area (Å²) in [7, 11) is 1.44. The standard InChI is InChI=1S/C15H13ClF3NO2/c1-21-9-5-6-14(22-15(18)19)13(7-9)20-8-10-11(16)3-2-4-12(10)17/h2-7,15,20H,8H2,1H3. The van der Waals surface area contributed by atoms with Gasteiger partial charge in [0.25, 0.3) is 0 Å². The molecule has 0 heterocycles. The molecule has 0 aliphatic rings. The van der Waals surface area contributed by atoms with Gasteiger partial charge in [-0.2, -0.15) is 8.78 Å². The van der Waals surface area contributed by atoms with Gasteiger partial charge in [-0.3, -0.25) is 0 Å². The van der Waals surface area contributed by atoms with Gasteiger partial charge in [-0.15, -0.1) is 0 Å². The van der Waals surface area contributed by atoms with Crippen LogP contribution in [0.1, 0.15) is 5.56 Å². The molecule has 0 aliphatic heterocycles. The zero-order valence-electron chi connectivity index (χ0n) is 11.6. The Balaban J connectivity index is 2.23. The number of alkyl halides is 2. The molecule has 0 atom stereocenters. The number of nitrogens with one attached hydrogen (secondary N) is 1. The lowest BCUT2D eigenvalue weighted by molar-refractivity contribution is -0.0494. The van der Waals surface area contributed by atoms with Crippen LogP contribution in [0.2, 0.25) is 5.02 Å². The van der Waals surface area contributed by atoms with Gasteiger partial charge in [-0.05, 0) is 24.3 Å². The number of hydrogen-bond donors (Lipinski definition) is 1. The molecule has 0 spiro atoms. The molecular weight excluding hydrogens is 319 g/mol. The van der Waals surface area contributed by atoms with Crippen LogP contribution in [0.4, 0.5) is 18.9 Å². The minimum atomic E-state index is -2.97. The summed E-state index contributed by atoms with van der Waals surface area (Å²) in [6, 6.07) is 8.61. The van der Waals surface area contributed by atoms with E-state index in [-0.39, 0.29) is 28.6 Å². The molecule has 0 saturated carbocycles. The monoisotopic (exact) mass is 331 g/mol. The lowest BCUT2D eigenvalue weighted by atomic mass is 10.2. The first-order chi connectivity index (χ1) is 10.5. The number of halogens is 4. The topological polar surface area (TPSA) is 30.5 Å². The van der Waals surface area contributed by atoms with Gasteiger partial charge < -0.3 is 14.8 Å². The summed E-state index contributed by atoms with van der Waals surface area (Å²) >= 11 is 5.92. The van der Waals surface area contributed by atoms with Gasteiger partial charge in [0.15, 0.2) is 0 Å². The largest absolute Gasteiger partial charge is 0.497 e. The van der Waals surface area contributed by atoms with Gasteiger partial charge in [0.05, 0.1) is 12.8 Å². The van der Waals surface area contributed by atoms with E-state index >= 15 is 0 Å². The Bertz CT molecular complexity index is 632. The number of anilines is 1. The molecule has 0 radical (unpaired) electrons. The third-order valence-electron chi connectivity index (χ3n) is 2.92. The molecule has 2 aromatic carbocycles. The maximum absolute atomic E-state index is 13.7. The molecule has 2 aromatic rings. The molecule has 0 fully saturated rings. The summed E-state index contributed by atoms with van der Waals surface area (Å²) in [5.74, 6) is -0.105. The van der Waals surface area contributed by atoms with Crippen molar-refractivity contribution in [1.29, 1.82) is 0 Å². The molecule has 3 nitrogen and oxygen atoms in total. The van der Waals surface area contributed by atoms with Crippen molar-refractivity contribution in [2.75, 3.05) is 12.4 Å². The second kappa shape index (κ2) is 7.26. The highest BCUT2D eigenvalue weighted by Gasteiger charge is 2.13. The fourth-order valence-corrected chi connectivity index (χ4v) is 2.09. The zero-order valence-corrected chi connectivity index (χ0v) is 12.3. The van der Waals surface area contributed by atoms with E-state index in [0.717, 1.165) is 0 Å². The van der Waals surface area contributed by atoms with E-state index < -0.39 is 12.4 Å². The third kappa shape index (κ3) is 3.98. The second-order valence-corrected chi connectivity index (χ2v) is 4.70. The highest BCUT2D eigenvalue weighted by molar-refractivity contribution is 6.31. The highest BCUT2D eigenvalue weighted by Crippen LogP contribution is 2.31. The molecular formula is C15H13ClF3NO2. The first kappa shape index (κ1) is 16.3. The van der Waals surface area contributed by atoms with Crippen molar-refractivity contribution in [1.82, 2.24) is 0 Å². The number of methoxy groups -OCH3 is 1. The molecule has 0 bridgehead atoms. The van der Waals surface area contributed by atoms with Crippen molar-refractivity contribution in [3.05, 3.63) is 52.8 Å². The van der Waals surface area contributed by atoms with E-state index in [4.69, 9.17) is 16.3 Å². The van der Waals surface area contributed by atoms with E-state index in [1.807, 2.05) is 0 Å². The van der Waals surface area contributed by atoms with Crippen molar-refractivity contribution in [3.63, 3.8) is 0 Å². The maximum atomic E-state index is 13.7. The molecule has 7 heteroatoms. The number of ether oxygens (including phenoxy) is 2. The van der Waals surface area contributed by atoms with Crippen LogP contribution in [0.15, 0.2) is 36.4 Å². The van der Waals surface area contributed by atoms with E-state index in [1.165, 1.54) is 37.4 Å². The average Bonchev–Trinajstić information content (AvgIpc) is 2.47. The Labute approximate surface area is 130 Å². The Hall–Kier alpha value is -2.08. The summed E-state index contributed by atoms with van der Waals surface area (Å²) in [5.41, 5.74) is 0.481. The average molecular weight is 332 g/mol. The van der Waals surface area contributed by atoms with E-state index in [9.17, 15) is 13.2 Å². The van der Waals surface area contributed by atoms with Crippen LogP contribution in [0.3, 0.4) is 0 Å².